The van der Waals surface area contributed by atoms with Gasteiger partial charge in [0.15, 0.2) is 11.5 Å². The summed E-state index contributed by atoms with van der Waals surface area (Å²) >= 11 is 0. The fourth-order valence-electron chi connectivity index (χ4n) is 6.02. The Morgan fingerprint density at radius 2 is 1.67 bits per heavy atom. The summed E-state index contributed by atoms with van der Waals surface area (Å²) in [5, 5.41) is 3.37. The quantitative estimate of drug-likeness (QED) is 0.346. The van der Waals surface area contributed by atoms with Crippen LogP contribution < -0.4 is 20.3 Å². The lowest BCUT2D eigenvalue weighted by Gasteiger charge is -2.48. The molecule has 1 saturated heterocycles. The van der Waals surface area contributed by atoms with Crippen LogP contribution in [-0.2, 0) is 22.7 Å². The van der Waals surface area contributed by atoms with Crippen LogP contribution in [0, 0.1) is 0 Å². The molecule has 1 saturated carbocycles. The van der Waals surface area contributed by atoms with E-state index in [1.165, 1.54) is 0 Å². The molecule has 43 heavy (non-hydrogen) atoms. The predicted octanol–water partition coefficient (Wildman–Crippen LogP) is 4.28. The molecule has 4 aromatic rings. The van der Waals surface area contributed by atoms with E-state index < -0.39 is 11.6 Å². The Labute approximate surface area is 249 Å². The van der Waals surface area contributed by atoms with Crippen molar-refractivity contribution in [2.24, 2.45) is 0 Å². The first-order valence-electron chi connectivity index (χ1n) is 14.5. The van der Waals surface area contributed by atoms with Crippen LogP contribution in [0.3, 0.4) is 0 Å². The molecule has 0 unspecified atom stereocenters. The summed E-state index contributed by atoms with van der Waals surface area (Å²) in [6, 6.07) is 22.6. The van der Waals surface area contributed by atoms with E-state index in [4.69, 9.17) is 14.2 Å². The summed E-state index contributed by atoms with van der Waals surface area (Å²) in [5.74, 6) is 0.753. The maximum Gasteiger partial charge on any atom is 0.411 e. The average Bonchev–Trinajstić information content (AvgIpc) is 3.04. The van der Waals surface area contributed by atoms with Crippen LogP contribution in [0.2, 0.25) is 0 Å². The largest absolute Gasteiger partial charge is 0.493 e. The van der Waals surface area contributed by atoms with Gasteiger partial charge >= 0.3 is 6.09 Å². The minimum Gasteiger partial charge on any atom is -0.493 e. The van der Waals surface area contributed by atoms with Crippen molar-refractivity contribution in [3.05, 3.63) is 101 Å². The SMILES string of the molecule is COc1cc2ncn(Cc3ccccc3)c(=O)c2cc1OC1CCC2(CC1)C(=O)NCCN2C(=O)OCc1ccccc1. The van der Waals surface area contributed by atoms with Crippen molar-refractivity contribution in [1.29, 1.82) is 0 Å². The number of hydrogen-bond acceptors (Lipinski definition) is 7. The van der Waals surface area contributed by atoms with Crippen LogP contribution in [0.15, 0.2) is 83.9 Å². The number of nitrogens with zero attached hydrogens (tertiary/aromatic N) is 3. The van der Waals surface area contributed by atoms with Gasteiger partial charge in [-0.25, -0.2) is 9.78 Å². The molecule has 222 valence electrons. The lowest BCUT2D eigenvalue weighted by Crippen LogP contribution is -2.67. The van der Waals surface area contributed by atoms with Gasteiger partial charge in [-0.3, -0.25) is 19.1 Å². The fourth-order valence-corrected chi connectivity index (χ4v) is 6.02. The van der Waals surface area contributed by atoms with E-state index in [-0.39, 0.29) is 24.2 Å². The van der Waals surface area contributed by atoms with Crippen LogP contribution in [0.25, 0.3) is 10.9 Å². The first-order valence-corrected chi connectivity index (χ1v) is 14.5. The van der Waals surface area contributed by atoms with Crippen molar-refractivity contribution < 1.29 is 23.8 Å². The molecule has 10 nitrogen and oxygen atoms in total. The predicted molar refractivity (Wildman–Crippen MR) is 160 cm³/mol. The van der Waals surface area contributed by atoms with E-state index in [1.807, 2.05) is 60.7 Å². The number of carbonyl (C=O) groups is 2. The Morgan fingerprint density at radius 1 is 0.977 bits per heavy atom. The number of carbonyl (C=O) groups excluding carboxylic acids is 2. The number of rotatable bonds is 7. The monoisotopic (exact) mass is 582 g/mol. The van der Waals surface area contributed by atoms with Gasteiger partial charge in [0.1, 0.15) is 12.1 Å². The van der Waals surface area contributed by atoms with Gasteiger partial charge in [-0.05, 0) is 42.9 Å². The lowest BCUT2D eigenvalue weighted by molar-refractivity contribution is -0.140. The topological polar surface area (TPSA) is 112 Å². The third-order valence-corrected chi connectivity index (χ3v) is 8.34. The average molecular weight is 583 g/mol. The van der Waals surface area contributed by atoms with E-state index in [9.17, 15) is 14.4 Å². The highest BCUT2D eigenvalue weighted by molar-refractivity contribution is 5.91. The molecule has 0 atom stereocenters. The highest BCUT2D eigenvalue weighted by atomic mass is 16.6. The summed E-state index contributed by atoms with van der Waals surface area (Å²) in [7, 11) is 1.55. The summed E-state index contributed by atoms with van der Waals surface area (Å²) < 4.78 is 19.2. The summed E-state index contributed by atoms with van der Waals surface area (Å²) in [6.07, 6.45) is 2.72. The molecule has 1 aromatic heterocycles. The van der Waals surface area contributed by atoms with E-state index >= 15 is 0 Å². The molecular formula is C33H34N4O6. The molecule has 3 aromatic carbocycles. The number of hydrogen-bond donors (Lipinski definition) is 1. The van der Waals surface area contributed by atoms with Gasteiger partial charge in [-0.2, -0.15) is 0 Å². The number of nitrogens with one attached hydrogen (secondary N) is 1. The van der Waals surface area contributed by atoms with Crippen molar-refractivity contribution in [2.45, 2.75) is 50.5 Å². The maximum atomic E-state index is 13.4. The van der Waals surface area contributed by atoms with Crippen LogP contribution in [0.4, 0.5) is 4.79 Å². The summed E-state index contributed by atoms with van der Waals surface area (Å²) in [4.78, 5) is 45.9. The normalized spacial score (nSPS) is 20.1. The second-order valence-corrected chi connectivity index (χ2v) is 11.0. The fraction of sp³-hybridized carbons (Fsp3) is 0.333. The molecule has 1 N–H and O–H groups in total. The molecule has 2 amide bonds. The number of ether oxygens (including phenoxy) is 3. The van der Waals surface area contributed by atoms with E-state index in [0.717, 1.165) is 11.1 Å². The van der Waals surface area contributed by atoms with Crippen LogP contribution in [0.1, 0.15) is 36.8 Å². The number of aromatic nitrogens is 2. The molecule has 1 spiro atoms. The maximum absolute atomic E-state index is 13.4. The number of piperazine rings is 1. The molecule has 2 heterocycles. The van der Waals surface area contributed by atoms with E-state index in [0.29, 0.717) is 67.7 Å². The van der Waals surface area contributed by atoms with Crippen LogP contribution in [0.5, 0.6) is 11.5 Å². The van der Waals surface area contributed by atoms with E-state index in [2.05, 4.69) is 10.3 Å². The zero-order valence-electron chi connectivity index (χ0n) is 24.0. The molecule has 1 aliphatic heterocycles. The second kappa shape index (κ2) is 12.2. The van der Waals surface area contributed by atoms with Gasteiger partial charge in [0, 0.05) is 19.2 Å². The Balaban J connectivity index is 1.18. The van der Waals surface area contributed by atoms with Crippen molar-refractivity contribution in [1.82, 2.24) is 19.8 Å². The van der Waals surface area contributed by atoms with Gasteiger partial charge in [0.05, 0.1) is 37.0 Å². The summed E-state index contributed by atoms with van der Waals surface area (Å²) in [6.45, 7) is 1.31. The zero-order valence-corrected chi connectivity index (χ0v) is 24.0. The van der Waals surface area contributed by atoms with Crippen molar-refractivity contribution >= 4 is 22.9 Å². The highest BCUT2D eigenvalue weighted by Crippen LogP contribution is 2.39. The van der Waals surface area contributed by atoms with Gasteiger partial charge < -0.3 is 19.5 Å². The van der Waals surface area contributed by atoms with Gasteiger partial charge in [0.25, 0.3) is 5.56 Å². The number of benzene rings is 3. The van der Waals surface area contributed by atoms with E-state index in [1.54, 1.807) is 35.0 Å². The molecule has 2 aliphatic rings. The van der Waals surface area contributed by atoms with Crippen molar-refractivity contribution in [3.63, 3.8) is 0 Å². The highest BCUT2D eigenvalue weighted by Gasteiger charge is 2.51. The van der Waals surface area contributed by atoms with Crippen molar-refractivity contribution in [3.8, 4) is 11.5 Å². The first-order chi connectivity index (χ1) is 21.0. The molecule has 0 bridgehead atoms. The number of fused-ring (bicyclic) bond motifs is 1. The molecule has 0 radical (unpaired) electrons. The zero-order chi connectivity index (χ0) is 29.8. The second-order valence-electron chi connectivity index (χ2n) is 11.0. The molecular weight excluding hydrogens is 548 g/mol. The third kappa shape index (κ3) is 5.77. The molecule has 1 aliphatic carbocycles. The molecule has 6 rings (SSSR count). The Morgan fingerprint density at radius 3 is 2.37 bits per heavy atom. The minimum absolute atomic E-state index is 0.142. The Bertz CT molecular complexity index is 1670. The summed E-state index contributed by atoms with van der Waals surface area (Å²) in [5.41, 5.74) is 1.23. The first kappa shape index (κ1) is 28.3. The Hall–Kier alpha value is -4.86. The van der Waals surface area contributed by atoms with Gasteiger partial charge in [-0.15, -0.1) is 0 Å². The number of amides is 2. The smallest absolute Gasteiger partial charge is 0.411 e. The van der Waals surface area contributed by atoms with Gasteiger partial charge in [-0.1, -0.05) is 60.7 Å². The number of methoxy groups -OCH3 is 1. The van der Waals surface area contributed by atoms with Crippen LogP contribution >= 0.6 is 0 Å². The molecule has 10 heteroatoms. The Kier molecular flexibility index (Phi) is 8.00. The third-order valence-electron chi connectivity index (χ3n) is 8.34. The molecule has 2 fully saturated rings. The standard InChI is InChI=1S/C33H34N4O6/c1-41-28-19-27-26(30(38)36(22-35-27)20-23-8-4-2-5-9-23)18-29(28)43-25-12-14-33(15-13-25)31(39)34-16-17-37(33)32(40)42-21-24-10-6-3-7-11-24/h2-11,18-19,22,25H,12-17,20-21H2,1H3,(H,34,39). The van der Waals surface area contributed by atoms with Crippen molar-refractivity contribution in [2.75, 3.05) is 20.2 Å². The van der Waals surface area contributed by atoms with Gasteiger partial charge in [0.2, 0.25) is 5.91 Å². The lowest BCUT2D eigenvalue weighted by atomic mass is 9.77. The minimum atomic E-state index is -0.992. The van der Waals surface area contributed by atoms with Crippen LogP contribution in [-0.4, -0.2) is 58.3 Å².